The number of nitrogens with two attached hydrogens (primary N) is 1. The first-order valence-electron chi connectivity index (χ1n) is 9.25. The van der Waals surface area contributed by atoms with E-state index in [2.05, 4.69) is 5.10 Å². The largest absolute Gasteiger partial charge is 0.496 e. The second kappa shape index (κ2) is 9.09. The maximum absolute atomic E-state index is 12.9. The molecule has 1 atom stereocenters. The van der Waals surface area contributed by atoms with Crippen LogP contribution in [0.5, 0.6) is 5.75 Å². The van der Waals surface area contributed by atoms with E-state index in [1.54, 1.807) is 22.7 Å². The van der Waals surface area contributed by atoms with Crippen LogP contribution in [0.3, 0.4) is 0 Å². The number of thiophene rings is 2. The van der Waals surface area contributed by atoms with Crippen LogP contribution >= 0.6 is 34.3 Å². The summed E-state index contributed by atoms with van der Waals surface area (Å²) < 4.78 is 10.4. The van der Waals surface area contributed by atoms with Crippen LogP contribution in [0.4, 0.5) is 5.69 Å². The van der Waals surface area contributed by atoms with Crippen molar-refractivity contribution >= 4 is 57.6 Å². The number of esters is 1. The summed E-state index contributed by atoms with van der Waals surface area (Å²) in [4.78, 5) is 27.5. The number of nitrogen functional groups attached to an aromatic ring is 1. The molecule has 0 saturated heterocycles. The molecule has 0 radical (unpaired) electrons. The highest BCUT2D eigenvalue weighted by Crippen LogP contribution is 2.36. The number of nitrogens with zero attached hydrogens (tertiary/aromatic N) is 2. The molecule has 1 aliphatic rings. The second-order valence-electron chi connectivity index (χ2n) is 6.65. The molecular formula is C21H18ClN3O4S2. The molecule has 0 saturated carbocycles. The molecule has 2 aromatic heterocycles. The van der Waals surface area contributed by atoms with Crippen LogP contribution in [0.1, 0.15) is 32.6 Å². The number of rotatable bonds is 6. The Labute approximate surface area is 191 Å². The van der Waals surface area contributed by atoms with Crippen molar-refractivity contribution in [1.82, 2.24) is 5.01 Å². The molecule has 7 nitrogen and oxygen atoms in total. The lowest BCUT2D eigenvalue weighted by Gasteiger charge is -2.20. The summed E-state index contributed by atoms with van der Waals surface area (Å²) in [5.41, 5.74) is 6.95. The molecule has 10 heteroatoms. The van der Waals surface area contributed by atoms with Gasteiger partial charge in [0.25, 0.3) is 5.91 Å². The van der Waals surface area contributed by atoms with E-state index >= 15 is 0 Å². The number of methoxy groups -OCH3 is 1. The maximum Gasteiger partial charge on any atom is 0.342 e. The molecule has 4 rings (SSSR count). The summed E-state index contributed by atoms with van der Waals surface area (Å²) in [6.07, 6.45) is 0.599. The predicted octanol–water partition coefficient (Wildman–Crippen LogP) is 4.59. The topological polar surface area (TPSA) is 94.2 Å². The summed E-state index contributed by atoms with van der Waals surface area (Å²) in [6, 6.07) is 10.4. The van der Waals surface area contributed by atoms with Crippen molar-refractivity contribution in [2.45, 2.75) is 12.5 Å². The van der Waals surface area contributed by atoms with Gasteiger partial charge in [0.15, 0.2) is 6.61 Å². The predicted molar refractivity (Wildman–Crippen MR) is 122 cm³/mol. The maximum atomic E-state index is 12.9. The fourth-order valence-corrected chi connectivity index (χ4v) is 4.90. The molecule has 0 spiro atoms. The minimum Gasteiger partial charge on any atom is -0.496 e. The fraction of sp³-hybridized carbons (Fsp3) is 0.190. The highest BCUT2D eigenvalue weighted by atomic mass is 35.5. The van der Waals surface area contributed by atoms with Crippen molar-refractivity contribution < 1.29 is 19.1 Å². The van der Waals surface area contributed by atoms with Crippen LogP contribution in [0.15, 0.2) is 52.3 Å². The molecule has 1 unspecified atom stereocenters. The molecule has 160 valence electrons. The van der Waals surface area contributed by atoms with Crippen molar-refractivity contribution in [3.63, 3.8) is 0 Å². The van der Waals surface area contributed by atoms with Gasteiger partial charge in [-0.25, -0.2) is 9.80 Å². The summed E-state index contributed by atoms with van der Waals surface area (Å²) >= 11 is 9.14. The zero-order chi connectivity index (χ0) is 22.0. The molecule has 2 N–H and O–H groups in total. The standard InChI is InChI=1S/C21H18ClN3O4S2/c1-28-17-9-14(23)13(22)8-12(17)21(27)29-11-20(26)25-16(19-5-3-7-31-19)10-15(24-25)18-4-2-6-30-18/h2-9,16H,10-11,23H2,1H3. The Morgan fingerprint density at radius 2 is 2.03 bits per heavy atom. The van der Waals surface area contributed by atoms with Gasteiger partial charge in [0.05, 0.1) is 34.5 Å². The van der Waals surface area contributed by atoms with E-state index in [0.717, 1.165) is 15.5 Å². The van der Waals surface area contributed by atoms with E-state index in [0.29, 0.717) is 6.42 Å². The normalized spacial score (nSPS) is 15.6. The van der Waals surface area contributed by atoms with Gasteiger partial charge in [-0.05, 0) is 29.0 Å². The van der Waals surface area contributed by atoms with Crippen molar-refractivity contribution in [3.8, 4) is 5.75 Å². The first-order chi connectivity index (χ1) is 15.0. The molecule has 0 bridgehead atoms. The van der Waals surface area contributed by atoms with Crippen molar-refractivity contribution in [3.05, 3.63) is 67.5 Å². The molecular weight excluding hydrogens is 458 g/mol. The van der Waals surface area contributed by atoms with Gasteiger partial charge in [-0.1, -0.05) is 23.7 Å². The number of ether oxygens (including phenoxy) is 2. The van der Waals surface area contributed by atoms with Crippen molar-refractivity contribution in [2.24, 2.45) is 5.10 Å². The van der Waals surface area contributed by atoms with Crippen molar-refractivity contribution in [1.29, 1.82) is 0 Å². The first-order valence-corrected chi connectivity index (χ1v) is 11.4. The van der Waals surface area contributed by atoms with Crippen LogP contribution in [0.25, 0.3) is 0 Å². The van der Waals surface area contributed by atoms with E-state index in [1.807, 2.05) is 35.0 Å². The molecule has 1 aromatic carbocycles. The average Bonchev–Trinajstić information content (AvgIpc) is 3.53. The number of hydrogen-bond donors (Lipinski definition) is 1. The van der Waals surface area contributed by atoms with Gasteiger partial charge in [0.1, 0.15) is 11.3 Å². The Morgan fingerprint density at radius 3 is 2.71 bits per heavy atom. The monoisotopic (exact) mass is 475 g/mol. The molecule has 31 heavy (non-hydrogen) atoms. The Hall–Kier alpha value is -2.88. The quantitative estimate of drug-likeness (QED) is 0.415. The Morgan fingerprint density at radius 1 is 1.26 bits per heavy atom. The van der Waals surface area contributed by atoms with E-state index in [4.69, 9.17) is 26.8 Å². The Balaban J connectivity index is 1.51. The van der Waals surface area contributed by atoms with Gasteiger partial charge in [0, 0.05) is 17.4 Å². The zero-order valence-corrected chi connectivity index (χ0v) is 18.8. The van der Waals surface area contributed by atoms with Crippen molar-refractivity contribution in [2.75, 3.05) is 19.5 Å². The summed E-state index contributed by atoms with van der Waals surface area (Å²) in [7, 11) is 1.40. The van der Waals surface area contributed by atoms with Crippen LogP contribution in [-0.4, -0.2) is 36.3 Å². The Kier molecular flexibility index (Phi) is 6.26. The number of benzene rings is 1. The number of halogens is 1. The van der Waals surface area contributed by atoms with Gasteiger partial charge in [-0.3, -0.25) is 4.79 Å². The molecule has 0 fully saturated rings. The minimum atomic E-state index is -0.735. The van der Waals surface area contributed by atoms with E-state index in [-0.39, 0.29) is 28.1 Å². The highest BCUT2D eigenvalue weighted by molar-refractivity contribution is 7.12. The third-order valence-corrected chi connectivity index (χ3v) is 6.93. The minimum absolute atomic E-state index is 0.0912. The van der Waals surface area contributed by atoms with E-state index < -0.39 is 18.5 Å². The lowest BCUT2D eigenvalue weighted by Crippen LogP contribution is -2.31. The van der Waals surface area contributed by atoms with Gasteiger partial charge in [-0.15, -0.1) is 22.7 Å². The van der Waals surface area contributed by atoms with Crippen LogP contribution < -0.4 is 10.5 Å². The third-order valence-electron chi connectivity index (χ3n) is 4.71. The van der Waals surface area contributed by atoms with Gasteiger partial charge in [0.2, 0.25) is 0 Å². The average molecular weight is 476 g/mol. The van der Waals surface area contributed by atoms with Crippen LogP contribution in [0.2, 0.25) is 5.02 Å². The smallest absolute Gasteiger partial charge is 0.342 e. The van der Waals surface area contributed by atoms with Gasteiger partial charge in [-0.2, -0.15) is 5.10 Å². The van der Waals surface area contributed by atoms with E-state index in [9.17, 15) is 9.59 Å². The van der Waals surface area contributed by atoms with Gasteiger partial charge < -0.3 is 15.2 Å². The summed E-state index contributed by atoms with van der Waals surface area (Å²) in [6.45, 7) is -0.465. The molecule has 3 heterocycles. The SMILES string of the molecule is COc1cc(N)c(Cl)cc1C(=O)OCC(=O)N1N=C(c2cccs2)CC1c1cccs1. The lowest BCUT2D eigenvalue weighted by atomic mass is 10.1. The third kappa shape index (κ3) is 4.43. The lowest BCUT2D eigenvalue weighted by molar-refractivity contribution is -0.136. The number of carbonyl (C=O) groups excluding carboxylic acids is 2. The number of anilines is 1. The highest BCUT2D eigenvalue weighted by Gasteiger charge is 2.34. The first kappa shape index (κ1) is 21.4. The number of hydrogen-bond acceptors (Lipinski definition) is 8. The number of hydrazone groups is 1. The molecule has 0 aliphatic carbocycles. The summed E-state index contributed by atoms with van der Waals surface area (Å²) in [5.74, 6) is -0.935. The van der Waals surface area contributed by atoms with Gasteiger partial charge >= 0.3 is 5.97 Å². The number of carbonyl (C=O) groups is 2. The molecule has 3 aromatic rings. The summed E-state index contributed by atoms with van der Waals surface area (Å²) in [5, 5.41) is 10.1. The second-order valence-corrected chi connectivity index (χ2v) is 8.98. The number of amides is 1. The Bertz CT molecular complexity index is 1130. The zero-order valence-electron chi connectivity index (χ0n) is 16.4. The van der Waals surface area contributed by atoms with Crippen LogP contribution in [-0.2, 0) is 9.53 Å². The fourth-order valence-electron chi connectivity index (χ4n) is 3.20. The molecule has 1 amide bonds. The molecule has 1 aliphatic heterocycles. The van der Waals surface area contributed by atoms with E-state index in [1.165, 1.54) is 24.3 Å². The van der Waals surface area contributed by atoms with Crippen LogP contribution in [0, 0.1) is 0 Å².